The molecule has 26 heavy (non-hydrogen) atoms. The normalized spacial score (nSPS) is 17.8. The summed E-state index contributed by atoms with van der Waals surface area (Å²) in [6.45, 7) is 0. The van der Waals surface area contributed by atoms with Gasteiger partial charge in [-0.15, -0.1) is 5.10 Å². The fourth-order valence-corrected chi connectivity index (χ4v) is 3.11. The van der Waals surface area contributed by atoms with Crippen LogP contribution in [0.3, 0.4) is 0 Å². The van der Waals surface area contributed by atoms with Gasteiger partial charge in [0, 0.05) is 12.5 Å². The van der Waals surface area contributed by atoms with Gasteiger partial charge in [-0.3, -0.25) is 15.0 Å². The second-order valence-corrected chi connectivity index (χ2v) is 6.56. The van der Waals surface area contributed by atoms with Gasteiger partial charge in [-0.1, -0.05) is 30.0 Å². The van der Waals surface area contributed by atoms with E-state index in [4.69, 9.17) is 0 Å². The number of nitrogens with one attached hydrogen (secondary N) is 3. The van der Waals surface area contributed by atoms with Crippen LogP contribution < -0.4 is 16.1 Å². The van der Waals surface area contributed by atoms with Gasteiger partial charge in [-0.25, -0.2) is 8.78 Å². The number of nitrogens with zero attached hydrogens (tertiary/aromatic N) is 1. The Balaban J connectivity index is 1.56. The molecule has 0 saturated carbocycles. The van der Waals surface area contributed by atoms with Crippen LogP contribution in [0.15, 0.2) is 53.6 Å². The minimum Gasteiger partial charge on any atom is -0.324 e. The van der Waals surface area contributed by atoms with Crippen molar-refractivity contribution in [1.82, 2.24) is 5.32 Å². The molecule has 2 aromatic carbocycles. The molecule has 2 aromatic rings. The SMILES string of the molecule is O=C(C[C@@H]1S/C(=N/Nc2ccccc2)NC1=O)Nc1ccc(F)cc1F. The minimum absolute atomic E-state index is 0.139. The maximum absolute atomic E-state index is 13.6. The van der Waals surface area contributed by atoms with Crippen molar-refractivity contribution in [1.29, 1.82) is 0 Å². The number of carbonyl (C=O) groups is 2. The third kappa shape index (κ3) is 4.57. The first-order valence-corrected chi connectivity index (χ1v) is 8.50. The maximum atomic E-state index is 13.6. The van der Waals surface area contributed by atoms with Crippen LogP contribution in [-0.2, 0) is 9.59 Å². The summed E-state index contributed by atoms with van der Waals surface area (Å²) < 4.78 is 26.4. The highest BCUT2D eigenvalue weighted by atomic mass is 32.2. The fourth-order valence-electron chi connectivity index (χ4n) is 2.18. The number of hydrogen-bond acceptors (Lipinski definition) is 5. The van der Waals surface area contributed by atoms with E-state index in [1.807, 2.05) is 30.3 Å². The summed E-state index contributed by atoms with van der Waals surface area (Å²) >= 11 is 1.10. The lowest BCUT2D eigenvalue weighted by atomic mass is 10.2. The average Bonchev–Trinajstić information content (AvgIpc) is 2.96. The number of hydrazone groups is 1. The van der Waals surface area contributed by atoms with Gasteiger partial charge in [0.05, 0.1) is 11.4 Å². The van der Waals surface area contributed by atoms with Crippen LogP contribution in [0.5, 0.6) is 0 Å². The fraction of sp³-hybridized carbons (Fsp3) is 0.118. The molecule has 1 atom stereocenters. The Bertz CT molecular complexity index is 861. The molecule has 1 fully saturated rings. The second kappa shape index (κ2) is 7.96. The van der Waals surface area contributed by atoms with E-state index >= 15 is 0 Å². The molecule has 0 radical (unpaired) electrons. The first-order valence-electron chi connectivity index (χ1n) is 7.62. The highest BCUT2D eigenvalue weighted by molar-refractivity contribution is 8.15. The summed E-state index contributed by atoms with van der Waals surface area (Å²) in [5.74, 6) is -2.53. The van der Waals surface area contributed by atoms with Gasteiger partial charge < -0.3 is 10.6 Å². The van der Waals surface area contributed by atoms with Crippen LogP contribution in [0.2, 0.25) is 0 Å². The molecule has 0 aromatic heterocycles. The number of benzene rings is 2. The van der Waals surface area contributed by atoms with Crippen molar-refractivity contribution in [3.05, 3.63) is 60.2 Å². The molecule has 1 saturated heterocycles. The quantitative estimate of drug-likeness (QED) is 0.701. The number of halogens is 2. The predicted octanol–water partition coefficient (Wildman–Crippen LogP) is 2.91. The van der Waals surface area contributed by atoms with E-state index in [1.165, 1.54) is 0 Å². The lowest BCUT2D eigenvalue weighted by Crippen LogP contribution is -2.28. The molecule has 134 valence electrons. The van der Waals surface area contributed by atoms with Gasteiger partial charge in [0.1, 0.15) is 16.9 Å². The van der Waals surface area contributed by atoms with Crippen molar-refractivity contribution in [3.63, 3.8) is 0 Å². The van der Waals surface area contributed by atoms with Gasteiger partial charge >= 0.3 is 0 Å². The van der Waals surface area contributed by atoms with E-state index in [9.17, 15) is 18.4 Å². The molecule has 0 aliphatic carbocycles. The molecule has 0 unspecified atom stereocenters. The van der Waals surface area contributed by atoms with Crippen molar-refractivity contribution in [3.8, 4) is 0 Å². The topological polar surface area (TPSA) is 82.6 Å². The van der Waals surface area contributed by atoms with Gasteiger partial charge in [-0.2, -0.15) is 0 Å². The molecule has 3 rings (SSSR count). The van der Waals surface area contributed by atoms with E-state index in [1.54, 1.807) is 0 Å². The maximum Gasteiger partial charge on any atom is 0.240 e. The van der Waals surface area contributed by atoms with Crippen LogP contribution in [0.1, 0.15) is 6.42 Å². The van der Waals surface area contributed by atoms with E-state index in [0.717, 1.165) is 29.6 Å². The Morgan fingerprint density at radius 1 is 1.19 bits per heavy atom. The number of hydrogen-bond donors (Lipinski definition) is 3. The van der Waals surface area contributed by atoms with E-state index in [-0.39, 0.29) is 18.0 Å². The van der Waals surface area contributed by atoms with Crippen molar-refractivity contribution in [2.45, 2.75) is 11.7 Å². The third-order valence-electron chi connectivity index (χ3n) is 3.41. The zero-order chi connectivity index (χ0) is 18.5. The molecule has 1 aliphatic heterocycles. The van der Waals surface area contributed by atoms with Crippen molar-refractivity contribution < 1.29 is 18.4 Å². The van der Waals surface area contributed by atoms with E-state index < -0.39 is 22.8 Å². The Morgan fingerprint density at radius 2 is 1.96 bits per heavy atom. The van der Waals surface area contributed by atoms with E-state index in [2.05, 4.69) is 21.2 Å². The monoisotopic (exact) mass is 376 g/mol. The highest BCUT2D eigenvalue weighted by Crippen LogP contribution is 2.24. The summed E-state index contributed by atoms with van der Waals surface area (Å²) in [6, 6.07) is 12.0. The zero-order valence-corrected chi connectivity index (χ0v) is 14.1. The van der Waals surface area contributed by atoms with Gasteiger partial charge in [0.2, 0.25) is 11.8 Å². The van der Waals surface area contributed by atoms with Gasteiger partial charge in [0.15, 0.2) is 5.17 Å². The summed E-state index contributed by atoms with van der Waals surface area (Å²) in [5.41, 5.74) is 3.41. The summed E-state index contributed by atoms with van der Waals surface area (Å²) in [4.78, 5) is 24.0. The number of anilines is 2. The van der Waals surface area contributed by atoms with Crippen LogP contribution in [-0.4, -0.2) is 22.2 Å². The van der Waals surface area contributed by atoms with Crippen molar-refractivity contribution in [2.75, 3.05) is 10.7 Å². The van der Waals surface area contributed by atoms with Crippen LogP contribution in [0, 0.1) is 11.6 Å². The van der Waals surface area contributed by atoms with Crippen molar-refractivity contribution in [2.24, 2.45) is 5.10 Å². The number of carbonyl (C=O) groups excluding carboxylic acids is 2. The smallest absolute Gasteiger partial charge is 0.240 e. The van der Waals surface area contributed by atoms with Crippen LogP contribution in [0.4, 0.5) is 20.2 Å². The average molecular weight is 376 g/mol. The Labute approximate surface area is 152 Å². The molecule has 6 nitrogen and oxygen atoms in total. The molecular weight excluding hydrogens is 362 g/mol. The Morgan fingerprint density at radius 3 is 2.69 bits per heavy atom. The Kier molecular flexibility index (Phi) is 5.47. The standard InChI is InChI=1S/C17H14F2N4O2S/c18-10-6-7-13(12(19)8-10)20-15(24)9-14-16(25)21-17(26-14)23-22-11-4-2-1-3-5-11/h1-8,14,22H,9H2,(H,20,24)(H,21,23,25)/t14-/m0/s1. The first kappa shape index (κ1) is 17.9. The second-order valence-electron chi connectivity index (χ2n) is 5.37. The predicted molar refractivity (Wildman–Crippen MR) is 96.6 cm³/mol. The number of thioether (sulfide) groups is 1. The summed E-state index contributed by atoms with van der Waals surface area (Å²) in [6.07, 6.45) is -0.169. The Hall–Kier alpha value is -2.94. The summed E-state index contributed by atoms with van der Waals surface area (Å²) in [7, 11) is 0. The molecule has 1 heterocycles. The molecule has 0 bridgehead atoms. The third-order valence-corrected chi connectivity index (χ3v) is 4.49. The molecule has 1 aliphatic rings. The first-order chi connectivity index (χ1) is 12.5. The number of para-hydroxylation sites is 1. The number of amidine groups is 1. The lowest BCUT2D eigenvalue weighted by Gasteiger charge is -2.08. The molecule has 0 spiro atoms. The van der Waals surface area contributed by atoms with Crippen LogP contribution in [0.25, 0.3) is 0 Å². The van der Waals surface area contributed by atoms with E-state index in [0.29, 0.717) is 11.2 Å². The van der Waals surface area contributed by atoms with Gasteiger partial charge in [-0.05, 0) is 24.3 Å². The molecular formula is C17H14F2N4O2S. The number of rotatable bonds is 5. The molecule has 9 heteroatoms. The number of amides is 2. The molecule has 2 amide bonds. The van der Waals surface area contributed by atoms with Crippen molar-refractivity contribution >= 4 is 40.1 Å². The highest BCUT2D eigenvalue weighted by Gasteiger charge is 2.32. The molecule has 3 N–H and O–H groups in total. The zero-order valence-electron chi connectivity index (χ0n) is 13.3. The largest absolute Gasteiger partial charge is 0.324 e. The van der Waals surface area contributed by atoms with Crippen LogP contribution >= 0.6 is 11.8 Å². The lowest BCUT2D eigenvalue weighted by molar-refractivity contribution is -0.122. The minimum atomic E-state index is -0.879. The summed E-state index contributed by atoms with van der Waals surface area (Å²) in [5, 5.41) is 8.62. The van der Waals surface area contributed by atoms with Gasteiger partial charge in [0.25, 0.3) is 0 Å².